The summed E-state index contributed by atoms with van der Waals surface area (Å²) in [5.74, 6) is -0.426. The van der Waals surface area contributed by atoms with E-state index < -0.39 is 18.1 Å². The summed E-state index contributed by atoms with van der Waals surface area (Å²) in [5, 5.41) is 0. The Balaban J connectivity index is 3.71. The number of carbonyl (C=O) groups is 2. The topological polar surface area (TPSA) is 69.4 Å². The molecule has 10 heavy (non-hydrogen) atoms. The molecule has 2 N–H and O–H groups in total. The van der Waals surface area contributed by atoms with Gasteiger partial charge in [-0.25, -0.2) is 0 Å². The predicted molar refractivity (Wildman–Crippen MR) is 35.3 cm³/mol. The minimum atomic E-state index is -0.719. The van der Waals surface area contributed by atoms with Crippen molar-refractivity contribution in [3.8, 4) is 0 Å². The van der Waals surface area contributed by atoms with Crippen LogP contribution in [0.5, 0.6) is 0 Å². The van der Waals surface area contributed by atoms with E-state index in [1.54, 1.807) is 6.92 Å². The molecular formula is C6H11NO3. The highest BCUT2D eigenvalue weighted by atomic mass is 16.5. The molecule has 0 aliphatic carbocycles. The zero-order valence-corrected chi connectivity index (χ0v) is 6.03. The number of nitrogens with two attached hydrogens (primary N) is 1. The van der Waals surface area contributed by atoms with Gasteiger partial charge in [0.25, 0.3) is 0 Å². The third kappa shape index (κ3) is 3.19. The second-order valence-corrected chi connectivity index (χ2v) is 2.03. The first kappa shape index (κ1) is 9.10. The fourth-order valence-corrected chi connectivity index (χ4v) is 0.451. The lowest BCUT2D eigenvalue weighted by molar-refractivity contribution is -0.146. The fraction of sp³-hybridized carbons (Fsp3) is 0.667. The molecule has 0 aromatic heterocycles. The molecule has 0 unspecified atom stereocenters. The van der Waals surface area contributed by atoms with Gasteiger partial charge >= 0.3 is 5.97 Å². The largest absolute Gasteiger partial charge is 0.461 e. The van der Waals surface area contributed by atoms with Gasteiger partial charge in [-0.2, -0.15) is 0 Å². The van der Waals surface area contributed by atoms with E-state index in [9.17, 15) is 9.59 Å². The van der Waals surface area contributed by atoms with Gasteiger partial charge in [0.05, 0.1) is 6.04 Å². The summed E-state index contributed by atoms with van der Waals surface area (Å²) in [6.45, 7) is 2.84. The second-order valence-electron chi connectivity index (χ2n) is 2.03. The molecule has 0 aliphatic rings. The van der Waals surface area contributed by atoms with E-state index in [1.165, 1.54) is 6.92 Å². The van der Waals surface area contributed by atoms with Crippen LogP contribution in [0.3, 0.4) is 0 Å². The van der Waals surface area contributed by atoms with Crippen molar-refractivity contribution < 1.29 is 14.3 Å². The molecular weight excluding hydrogens is 134 g/mol. The first-order valence-corrected chi connectivity index (χ1v) is 2.96. The van der Waals surface area contributed by atoms with Crippen molar-refractivity contribution in [3.05, 3.63) is 0 Å². The zero-order chi connectivity index (χ0) is 8.15. The number of hydrogen-bond acceptors (Lipinski definition) is 4. The quantitative estimate of drug-likeness (QED) is 0.428. The van der Waals surface area contributed by atoms with Crippen LogP contribution in [0.4, 0.5) is 0 Å². The van der Waals surface area contributed by atoms with Crippen LogP contribution in [-0.4, -0.2) is 24.4 Å². The van der Waals surface area contributed by atoms with E-state index in [0.29, 0.717) is 6.29 Å². The summed E-state index contributed by atoms with van der Waals surface area (Å²) < 4.78 is 4.61. The first-order valence-electron chi connectivity index (χ1n) is 2.96. The molecule has 0 aromatic carbocycles. The van der Waals surface area contributed by atoms with Gasteiger partial charge in [-0.05, 0) is 6.92 Å². The van der Waals surface area contributed by atoms with Crippen LogP contribution in [0.25, 0.3) is 0 Å². The Kier molecular flexibility index (Phi) is 3.64. The van der Waals surface area contributed by atoms with E-state index in [4.69, 9.17) is 5.73 Å². The lowest BCUT2D eigenvalue weighted by atomic mass is 10.2. The van der Waals surface area contributed by atoms with Crippen molar-refractivity contribution in [3.63, 3.8) is 0 Å². The second kappa shape index (κ2) is 4.00. The molecule has 0 heterocycles. The standard InChI is InChI=1S/C6H11NO3/c1-4(6(7)3-8)10-5(2)9/h3-4,6H,7H2,1-2H3/t4-,6-/m1/s1. The number of rotatable bonds is 3. The molecule has 0 saturated heterocycles. The van der Waals surface area contributed by atoms with Crippen LogP contribution in [-0.2, 0) is 14.3 Å². The Morgan fingerprint density at radius 1 is 1.70 bits per heavy atom. The van der Waals surface area contributed by atoms with Crippen LogP contribution in [0.1, 0.15) is 13.8 Å². The maximum Gasteiger partial charge on any atom is 0.302 e. The summed E-state index contributed by atoms with van der Waals surface area (Å²) in [6, 6.07) is -0.719. The van der Waals surface area contributed by atoms with Crippen molar-refractivity contribution in [1.29, 1.82) is 0 Å². The van der Waals surface area contributed by atoms with Gasteiger partial charge in [-0.1, -0.05) is 0 Å². The number of hydrogen-bond donors (Lipinski definition) is 1. The van der Waals surface area contributed by atoms with E-state index in [0.717, 1.165) is 0 Å². The third-order valence-electron chi connectivity index (χ3n) is 1.05. The normalized spacial score (nSPS) is 15.5. The molecule has 2 atom stereocenters. The van der Waals surface area contributed by atoms with Gasteiger partial charge in [0.15, 0.2) is 0 Å². The van der Waals surface area contributed by atoms with E-state index in [1.807, 2.05) is 0 Å². The number of ether oxygens (including phenoxy) is 1. The van der Waals surface area contributed by atoms with Gasteiger partial charge in [0, 0.05) is 6.92 Å². The molecule has 0 aliphatic heterocycles. The van der Waals surface area contributed by atoms with Crippen LogP contribution >= 0.6 is 0 Å². The minimum absolute atomic E-state index is 0.426. The van der Waals surface area contributed by atoms with Crippen molar-refractivity contribution >= 4 is 12.3 Å². The SMILES string of the molecule is CC(=O)O[C@H](C)[C@H](N)C=O. The minimum Gasteiger partial charge on any atom is -0.461 e. The van der Waals surface area contributed by atoms with E-state index in [2.05, 4.69) is 4.74 Å². The highest BCUT2D eigenvalue weighted by molar-refractivity contribution is 5.67. The highest BCUT2D eigenvalue weighted by Gasteiger charge is 2.13. The third-order valence-corrected chi connectivity index (χ3v) is 1.05. The van der Waals surface area contributed by atoms with Crippen molar-refractivity contribution in [1.82, 2.24) is 0 Å². The molecule has 0 radical (unpaired) electrons. The van der Waals surface area contributed by atoms with Crippen LogP contribution in [0.15, 0.2) is 0 Å². The van der Waals surface area contributed by atoms with Gasteiger partial charge in [-0.3, -0.25) is 4.79 Å². The molecule has 0 saturated carbocycles. The summed E-state index contributed by atoms with van der Waals surface area (Å²) in [5.41, 5.74) is 5.22. The Bertz CT molecular complexity index is 135. The van der Waals surface area contributed by atoms with Gasteiger partial charge in [0.2, 0.25) is 0 Å². The van der Waals surface area contributed by atoms with E-state index >= 15 is 0 Å². The van der Waals surface area contributed by atoms with Crippen LogP contribution < -0.4 is 5.73 Å². The molecule has 0 bridgehead atoms. The molecule has 0 amide bonds. The molecule has 4 heteroatoms. The van der Waals surface area contributed by atoms with E-state index in [-0.39, 0.29) is 0 Å². The number of carbonyl (C=O) groups excluding carboxylic acids is 2. The van der Waals surface area contributed by atoms with Crippen molar-refractivity contribution in [2.75, 3.05) is 0 Å². The Morgan fingerprint density at radius 2 is 2.20 bits per heavy atom. The molecule has 0 aromatic rings. The lowest BCUT2D eigenvalue weighted by Gasteiger charge is -2.13. The molecule has 58 valence electrons. The predicted octanol–water partition coefficient (Wildman–Crippen LogP) is -0.536. The maximum atomic E-state index is 10.3. The molecule has 0 rings (SSSR count). The maximum absolute atomic E-state index is 10.3. The van der Waals surface area contributed by atoms with Gasteiger partial charge in [0.1, 0.15) is 12.4 Å². The summed E-state index contributed by atoms with van der Waals surface area (Å²) in [7, 11) is 0. The lowest BCUT2D eigenvalue weighted by Crippen LogP contribution is -2.36. The first-order chi connectivity index (χ1) is 4.57. The average Bonchev–Trinajstić information content (AvgIpc) is 1.85. The number of aldehydes is 1. The van der Waals surface area contributed by atoms with Crippen LogP contribution in [0.2, 0.25) is 0 Å². The zero-order valence-electron chi connectivity index (χ0n) is 6.03. The summed E-state index contributed by atoms with van der Waals surface area (Å²) >= 11 is 0. The number of esters is 1. The smallest absolute Gasteiger partial charge is 0.302 e. The molecule has 4 nitrogen and oxygen atoms in total. The highest BCUT2D eigenvalue weighted by Crippen LogP contribution is 1.93. The molecule has 0 fully saturated rings. The fourth-order valence-electron chi connectivity index (χ4n) is 0.451. The van der Waals surface area contributed by atoms with Gasteiger partial charge in [-0.15, -0.1) is 0 Å². The van der Waals surface area contributed by atoms with Crippen LogP contribution in [0, 0.1) is 0 Å². The van der Waals surface area contributed by atoms with Crippen molar-refractivity contribution in [2.24, 2.45) is 5.73 Å². The Morgan fingerprint density at radius 3 is 2.50 bits per heavy atom. The van der Waals surface area contributed by atoms with Crippen molar-refractivity contribution in [2.45, 2.75) is 26.0 Å². The average molecular weight is 145 g/mol. The summed E-state index contributed by atoms with van der Waals surface area (Å²) in [6.07, 6.45) is 0.0168. The summed E-state index contributed by atoms with van der Waals surface area (Å²) in [4.78, 5) is 20.3. The Hall–Kier alpha value is -0.900. The monoisotopic (exact) mass is 145 g/mol. The van der Waals surface area contributed by atoms with Gasteiger partial charge < -0.3 is 15.3 Å². The molecule has 0 spiro atoms. The Labute approximate surface area is 59.3 Å².